The fraction of sp³-hybridized carbons (Fsp3) is 0.308. The molecule has 2 unspecified atom stereocenters. The van der Waals surface area contributed by atoms with E-state index >= 15 is 0 Å². The van der Waals surface area contributed by atoms with Crippen molar-refractivity contribution in [1.29, 1.82) is 0 Å². The molecular formula is C13H16N4O3. The van der Waals surface area contributed by atoms with E-state index in [0.717, 1.165) is 5.56 Å². The van der Waals surface area contributed by atoms with Gasteiger partial charge in [-0.25, -0.2) is 4.79 Å². The topological polar surface area (TPSA) is 91.8 Å². The standard InChI is InChI=1S/C13H16N4O3/c1-14-11(18)9-10(8-6-4-3-5-7-8)17-20-12(9)16-13(19)15-2/h3-7,9,12H,1-2H3,(H,14,18)(H2,15,16,19). The number of oxime groups is 1. The number of urea groups is 1. The van der Waals surface area contributed by atoms with Crippen LogP contribution in [0, 0.1) is 5.92 Å². The molecule has 7 nitrogen and oxygen atoms in total. The highest BCUT2D eigenvalue weighted by molar-refractivity contribution is 6.14. The molecule has 0 saturated heterocycles. The third-order valence-corrected chi connectivity index (χ3v) is 2.96. The molecule has 0 aromatic heterocycles. The van der Waals surface area contributed by atoms with Gasteiger partial charge >= 0.3 is 6.03 Å². The van der Waals surface area contributed by atoms with Crippen LogP contribution < -0.4 is 16.0 Å². The highest BCUT2D eigenvalue weighted by Gasteiger charge is 2.40. The molecular weight excluding hydrogens is 260 g/mol. The summed E-state index contributed by atoms with van der Waals surface area (Å²) in [4.78, 5) is 28.6. The summed E-state index contributed by atoms with van der Waals surface area (Å²) >= 11 is 0. The van der Waals surface area contributed by atoms with Crippen LogP contribution in [0.3, 0.4) is 0 Å². The molecule has 3 amide bonds. The summed E-state index contributed by atoms with van der Waals surface area (Å²) in [5.74, 6) is -0.966. The number of rotatable bonds is 3. The Morgan fingerprint density at radius 1 is 1.15 bits per heavy atom. The van der Waals surface area contributed by atoms with Crippen molar-refractivity contribution in [2.24, 2.45) is 11.1 Å². The van der Waals surface area contributed by atoms with Crippen LogP contribution in [0.25, 0.3) is 0 Å². The molecule has 0 radical (unpaired) electrons. The largest absolute Gasteiger partial charge is 0.369 e. The van der Waals surface area contributed by atoms with Gasteiger partial charge in [0.15, 0.2) is 0 Å². The first-order valence-electron chi connectivity index (χ1n) is 6.16. The molecule has 0 saturated carbocycles. The van der Waals surface area contributed by atoms with E-state index in [4.69, 9.17) is 4.84 Å². The number of nitrogens with zero attached hydrogens (tertiary/aromatic N) is 1. The van der Waals surface area contributed by atoms with E-state index in [-0.39, 0.29) is 5.91 Å². The third kappa shape index (κ3) is 2.71. The van der Waals surface area contributed by atoms with Gasteiger partial charge in [-0.2, -0.15) is 0 Å². The highest BCUT2D eigenvalue weighted by Crippen LogP contribution is 2.22. The molecule has 3 N–H and O–H groups in total. The fourth-order valence-electron chi connectivity index (χ4n) is 1.94. The summed E-state index contributed by atoms with van der Waals surface area (Å²) in [5.41, 5.74) is 1.27. The Hall–Kier alpha value is -2.57. The number of amides is 3. The number of benzene rings is 1. The Labute approximate surface area is 116 Å². The molecule has 106 valence electrons. The fourth-order valence-corrected chi connectivity index (χ4v) is 1.94. The van der Waals surface area contributed by atoms with E-state index in [2.05, 4.69) is 21.1 Å². The van der Waals surface area contributed by atoms with Crippen LogP contribution in [0.2, 0.25) is 0 Å². The molecule has 2 rings (SSSR count). The second-order valence-electron chi connectivity index (χ2n) is 4.18. The minimum Gasteiger partial charge on any atom is -0.369 e. The van der Waals surface area contributed by atoms with Crippen LogP contribution in [0.4, 0.5) is 4.79 Å². The van der Waals surface area contributed by atoms with Gasteiger partial charge in [-0.05, 0) is 0 Å². The zero-order valence-electron chi connectivity index (χ0n) is 11.2. The summed E-state index contributed by atoms with van der Waals surface area (Å²) in [7, 11) is 3.01. The molecule has 7 heteroatoms. The first-order valence-corrected chi connectivity index (χ1v) is 6.16. The first kappa shape index (κ1) is 13.9. The summed E-state index contributed by atoms with van der Waals surface area (Å²) in [6, 6.07) is 8.79. The third-order valence-electron chi connectivity index (χ3n) is 2.96. The zero-order chi connectivity index (χ0) is 14.5. The van der Waals surface area contributed by atoms with Crippen LogP contribution in [0.1, 0.15) is 5.56 Å². The van der Waals surface area contributed by atoms with E-state index in [0.29, 0.717) is 5.71 Å². The van der Waals surface area contributed by atoms with Crippen molar-refractivity contribution >= 4 is 17.6 Å². The van der Waals surface area contributed by atoms with E-state index in [1.165, 1.54) is 14.1 Å². The van der Waals surface area contributed by atoms with Crippen molar-refractivity contribution in [3.63, 3.8) is 0 Å². The van der Waals surface area contributed by atoms with Gasteiger partial charge in [-0.15, -0.1) is 0 Å². The van der Waals surface area contributed by atoms with E-state index in [9.17, 15) is 9.59 Å². The average Bonchev–Trinajstić information content (AvgIpc) is 2.90. The van der Waals surface area contributed by atoms with Gasteiger partial charge in [0.2, 0.25) is 12.1 Å². The number of carbonyl (C=O) groups excluding carboxylic acids is 2. The Bertz CT molecular complexity index is 530. The monoisotopic (exact) mass is 276 g/mol. The van der Waals surface area contributed by atoms with Crippen molar-refractivity contribution in [3.05, 3.63) is 35.9 Å². The maximum absolute atomic E-state index is 12.0. The summed E-state index contributed by atoms with van der Waals surface area (Å²) < 4.78 is 0. The van der Waals surface area contributed by atoms with Crippen LogP contribution in [-0.4, -0.2) is 38.0 Å². The van der Waals surface area contributed by atoms with Crippen molar-refractivity contribution < 1.29 is 14.4 Å². The molecule has 1 aromatic carbocycles. The van der Waals surface area contributed by atoms with Crippen LogP contribution >= 0.6 is 0 Å². The summed E-state index contributed by atoms with van der Waals surface area (Å²) in [6.07, 6.45) is -0.829. The second-order valence-corrected chi connectivity index (χ2v) is 4.18. The van der Waals surface area contributed by atoms with Crippen LogP contribution in [0.15, 0.2) is 35.5 Å². The Kier molecular flexibility index (Phi) is 4.19. The predicted octanol–water partition coefficient (Wildman–Crippen LogP) is 0.0382. The number of carbonyl (C=O) groups is 2. The van der Waals surface area contributed by atoms with Crippen molar-refractivity contribution in [2.45, 2.75) is 6.23 Å². The number of nitrogens with one attached hydrogen (secondary N) is 3. The molecule has 2 atom stereocenters. The minimum atomic E-state index is -0.829. The van der Waals surface area contributed by atoms with E-state index in [1.54, 1.807) is 0 Å². The molecule has 1 aliphatic rings. The van der Waals surface area contributed by atoms with Crippen molar-refractivity contribution in [3.8, 4) is 0 Å². The lowest BCUT2D eigenvalue weighted by Gasteiger charge is -2.18. The van der Waals surface area contributed by atoms with E-state index < -0.39 is 18.2 Å². The zero-order valence-corrected chi connectivity index (χ0v) is 11.2. The van der Waals surface area contributed by atoms with Gasteiger partial charge in [0.1, 0.15) is 11.6 Å². The van der Waals surface area contributed by atoms with E-state index in [1.807, 2.05) is 30.3 Å². The van der Waals surface area contributed by atoms with Crippen molar-refractivity contribution in [2.75, 3.05) is 14.1 Å². The van der Waals surface area contributed by atoms with Crippen LogP contribution in [-0.2, 0) is 9.63 Å². The van der Waals surface area contributed by atoms with Gasteiger partial charge in [-0.3, -0.25) is 10.1 Å². The van der Waals surface area contributed by atoms with Gasteiger partial charge in [-0.1, -0.05) is 35.5 Å². The highest BCUT2D eigenvalue weighted by atomic mass is 16.7. The molecule has 20 heavy (non-hydrogen) atoms. The maximum Gasteiger partial charge on any atom is 0.317 e. The van der Waals surface area contributed by atoms with Gasteiger partial charge < -0.3 is 15.5 Å². The Morgan fingerprint density at radius 2 is 1.85 bits per heavy atom. The normalized spacial score (nSPS) is 20.6. The average molecular weight is 276 g/mol. The summed E-state index contributed by atoms with van der Waals surface area (Å²) in [5, 5.41) is 11.5. The van der Waals surface area contributed by atoms with Crippen LogP contribution in [0.5, 0.6) is 0 Å². The molecule has 0 fully saturated rings. The molecule has 1 aromatic rings. The minimum absolute atomic E-state index is 0.272. The lowest BCUT2D eigenvalue weighted by atomic mass is 9.95. The smallest absolute Gasteiger partial charge is 0.317 e. The van der Waals surface area contributed by atoms with Gasteiger partial charge in [0.05, 0.1) is 0 Å². The van der Waals surface area contributed by atoms with Gasteiger partial charge in [0.25, 0.3) is 0 Å². The lowest BCUT2D eigenvalue weighted by Crippen LogP contribution is -2.49. The molecule has 1 heterocycles. The molecule has 0 bridgehead atoms. The number of hydrogen-bond acceptors (Lipinski definition) is 4. The molecule has 0 spiro atoms. The Morgan fingerprint density at radius 3 is 2.45 bits per heavy atom. The first-order chi connectivity index (χ1) is 9.67. The van der Waals surface area contributed by atoms with Gasteiger partial charge in [0, 0.05) is 19.7 Å². The number of hydrogen-bond donors (Lipinski definition) is 3. The lowest BCUT2D eigenvalue weighted by molar-refractivity contribution is -0.125. The predicted molar refractivity (Wildman–Crippen MR) is 73.0 cm³/mol. The molecule has 0 aliphatic carbocycles. The van der Waals surface area contributed by atoms with Crippen molar-refractivity contribution in [1.82, 2.24) is 16.0 Å². The second kappa shape index (κ2) is 6.05. The molecule has 1 aliphatic heterocycles. The quantitative estimate of drug-likeness (QED) is 0.727. The maximum atomic E-state index is 12.0. The summed E-state index contributed by atoms with van der Waals surface area (Å²) in [6.45, 7) is 0. The SMILES string of the molecule is CNC(=O)NC1ON=C(c2ccccc2)C1C(=O)NC. The Balaban J connectivity index is 2.25.